The van der Waals surface area contributed by atoms with Crippen molar-refractivity contribution >= 4 is 11.9 Å². The first-order chi connectivity index (χ1) is 11.1. The molecular weight excluding hydrogens is 298 g/mol. The number of likely N-dealkylation sites (tertiary alicyclic amines) is 1. The molecule has 0 aliphatic carbocycles. The molecule has 0 bridgehead atoms. The lowest BCUT2D eigenvalue weighted by atomic mass is 9.94. The Labute approximate surface area is 134 Å². The molecule has 23 heavy (non-hydrogen) atoms. The Kier molecular flexibility index (Phi) is 4.63. The Morgan fingerprint density at radius 3 is 2.78 bits per heavy atom. The molecule has 0 radical (unpaired) electrons. The largest absolute Gasteiger partial charge is 0.481 e. The van der Waals surface area contributed by atoms with Crippen LogP contribution >= 0.6 is 0 Å². The number of benzene rings is 1. The van der Waals surface area contributed by atoms with Gasteiger partial charge in [-0.05, 0) is 18.1 Å². The summed E-state index contributed by atoms with van der Waals surface area (Å²) < 4.78 is 5.67. The summed E-state index contributed by atoms with van der Waals surface area (Å²) in [5, 5.41) is 18.2. The fourth-order valence-electron chi connectivity index (χ4n) is 3.51. The first-order valence-corrected chi connectivity index (χ1v) is 7.91. The van der Waals surface area contributed by atoms with Crippen molar-refractivity contribution in [3.8, 4) is 0 Å². The number of carbonyl (C=O) groups excluding carboxylic acids is 1. The highest BCUT2D eigenvalue weighted by Gasteiger charge is 2.45. The van der Waals surface area contributed by atoms with Gasteiger partial charge in [0, 0.05) is 43.5 Å². The second kappa shape index (κ2) is 6.68. The van der Waals surface area contributed by atoms with E-state index in [-0.39, 0.29) is 36.9 Å². The number of aliphatic hydroxyl groups excluding tert-OH is 1. The number of ether oxygens (including phenoxy) is 1. The molecule has 0 unspecified atom stereocenters. The molecule has 2 heterocycles. The minimum absolute atomic E-state index is 0.00211. The van der Waals surface area contributed by atoms with Crippen LogP contribution in [0.5, 0.6) is 0 Å². The number of aliphatic hydroxyl groups is 1. The summed E-state index contributed by atoms with van der Waals surface area (Å²) >= 11 is 0. The van der Waals surface area contributed by atoms with Crippen LogP contribution in [0.15, 0.2) is 24.3 Å². The molecule has 1 aromatic carbocycles. The summed E-state index contributed by atoms with van der Waals surface area (Å²) in [4.78, 5) is 25.3. The molecule has 0 saturated carbocycles. The standard InChI is InChI=1S/C17H21NO5/c19-9-12-10-23-15-8-18(7-14(12)15)17(22)13-4-2-1-3-11(13)5-6-16(20)21/h1-4,12,14-15,19H,5-10H2,(H,20,21)/t12-,14-,15-/m1/s1. The zero-order valence-corrected chi connectivity index (χ0v) is 12.9. The Hall–Kier alpha value is -1.92. The molecule has 1 amide bonds. The summed E-state index contributed by atoms with van der Waals surface area (Å²) in [6.45, 7) is 1.76. The first kappa shape index (κ1) is 16.0. The van der Waals surface area contributed by atoms with Gasteiger partial charge in [-0.15, -0.1) is 0 Å². The third-order valence-electron chi connectivity index (χ3n) is 4.82. The summed E-state index contributed by atoms with van der Waals surface area (Å²) in [5.74, 6) is -0.669. The van der Waals surface area contributed by atoms with Crippen molar-refractivity contribution in [2.45, 2.75) is 18.9 Å². The number of carboxylic acid groups (broad SMARTS) is 1. The van der Waals surface area contributed by atoms with E-state index in [2.05, 4.69) is 0 Å². The zero-order chi connectivity index (χ0) is 16.4. The smallest absolute Gasteiger partial charge is 0.303 e. The fraction of sp³-hybridized carbons (Fsp3) is 0.529. The highest BCUT2D eigenvalue weighted by molar-refractivity contribution is 5.96. The van der Waals surface area contributed by atoms with Gasteiger partial charge >= 0.3 is 5.97 Å². The first-order valence-electron chi connectivity index (χ1n) is 7.91. The maximum absolute atomic E-state index is 12.8. The molecule has 2 fully saturated rings. The summed E-state index contributed by atoms with van der Waals surface area (Å²) in [7, 11) is 0. The van der Waals surface area contributed by atoms with Gasteiger partial charge in [0.2, 0.25) is 0 Å². The van der Waals surface area contributed by atoms with Crippen LogP contribution in [-0.4, -0.2) is 59.4 Å². The number of carbonyl (C=O) groups is 2. The van der Waals surface area contributed by atoms with Crippen LogP contribution in [0.2, 0.25) is 0 Å². The Morgan fingerprint density at radius 2 is 2.04 bits per heavy atom. The van der Waals surface area contributed by atoms with Gasteiger partial charge in [0.25, 0.3) is 5.91 Å². The molecule has 0 aromatic heterocycles. The van der Waals surface area contributed by atoms with Gasteiger partial charge in [0.05, 0.1) is 12.7 Å². The molecule has 1 aromatic rings. The number of hydrogen-bond acceptors (Lipinski definition) is 4. The summed E-state index contributed by atoms with van der Waals surface area (Å²) in [5.41, 5.74) is 1.32. The normalized spacial score (nSPS) is 26.3. The number of rotatable bonds is 5. The van der Waals surface area contributed by atoms with E-state index in [1.54, 1.807) is 23.1 Å². The Bertz CT molecular complexity index is 602. The van der Waals surface area contributed by atoms with Crippen LogP contribution in [0.4, 0.5) is 0 Å². The highest BCUT2D eigenvalue weighted by Crippen LogP contribution is 2.34. The van der Waals surface area contributed by atoms with Gasteiger partial charge in [0.15, 0.2) is 0 Å². The minimum atomic E-state index is -0.873. The lowest BCUT2D eigenvalue weighted by molar-refractivity contribution is -0.136. The van der Waals surface area contributed by atoms with Gasteiger partial charge in [-0.3, -0.25) is 9.59 Å². The second-order valence-electron chi connectivity index (χ2n) is 6.24. The van der Waals surface area contributed by atoms with Gasteiger partial charge < -0.3 is 19.8 Å². The van der Waals surface area contributed by atoms with Crippen LogP contribution in [0, 0.1) is 11.8 Å². The molecule has 124 valence electrons. The third kappa shape index (κ3) is 3.23. The lowest BCUT2D eigenvalue weighted by Gasteiger charge is -2.20. The number of carboxylic acids is 1. The average Bonchev–Trinajstić information content (AvgIpc) is 3.12. The molecule has 6 nitrogen and oxygen atoms in total. The van der Waals surface area contributed by atoms with E-state index in [4.69, 9.17) is 9.84 Å². The zero-order valence-electron chi connectivity index (χ0n) is 12.9. The van der Waals surface area contributed by atoms with Crippen molar-refractivity contribution < 1.29 is 24.5 Å². The molecule has 2 aliphatic rings. The van der Waals surface area contributed by atoms with E-state index < -0.39 is 5.97 Å². The van der Waals surface area contributed by atoms with E-state index >= 15 is 0 Å². The van der Waals surface area contributed by atoms with Crippen molar-refractivity contribution in [1.29, 1.82) is 0 Å². The van der Waals surface area contributed by atoms with Gasteiger partial charge in [-0.2, -0.15) is 0 Å². The summed E-state index contributed by atoms with van der Waals surface area (Å²) in [6, 6.07) is 7.16. The van der Waals surface area contributed by atoms with E-state index in [1.807, 2.05) is 6.07 Å². The van der Waals surface area contributed by atoms with Crippen molar-refractivity contribution in [1.82, 2.24) is 4.90 Å². The maximum atomic E-state index is 12.8. The number of fused-ring (bicyclic) bond motifs is 1. The number of aryl methyl sites for hydroxylation is 1. The van der Waals surface area contributed by atoms with Crippen molar-refractivity contribution in [3.05, 3.63) is 35.4 Å². The predicted molar refractivity (Wildman–Crippen MR) is 82.1 cm³/mol. The van der Waals surface area contributed by atoms with Crippen LogP contribution in [0.1, 0.15) is 22.3 Å². The van der Waals surface area contributed by atoms with E-state index in [0.717, 1.165) is 5.56 Å². The van der Waals surface area contributed by atoms with Crippen LogP contribution in [-0.2, 0) is 16.0 Å². The molecule has 2 saturated heterocycles. The van der Waals surface area contributed by atoms with E-state index in [0.29, 0.717) is 31.7 Å². The monoisotopic (exact) mass is 319 g/mol. The molecule has 3 atom stereocenters. The van der Waals surface area contributed by atoms with Crippen LogP contribution in [0.25, 0.3) is 0 Å². The Balaban J connectivity index is 1.73. The quantitative estimate of drug-likeness (QED) is 0.837. The molecular formula is C17H21NO5. The van der Waals surface area contributed by atoms with E-state index in [1.165, 1.54) is 0 Å². The SMILES string of the molecule is O=C(O)CCc1ccccc1C(=O)N1C[C@@H]2[C@H](CO)CO[C@@H]2C1. The van der Waals surface area contributed by atoms with Crippen molar-refractivity contribution in [3.63, 3.8) is 0 Å². The van der Waals surface area contributed by atoms with Gasteiger partial charge in [-0.1, -0.05) is 18.2 Å². The number of amides is 1. The van der Waals surface area contributed by atoms with Crippen molar-refractivity contribution in [2.75, 3.05) is 26.3 Å². The number of nitrogens with zero attached hydrogens (tertiary/aromatic N) is 1. The summed E-state index contributed by atoms with van der Waals surface area (Å²) in [6.07, 6.45) is 0.348. The second-order valence-corrected chi connectivity index (χ2v) is 6.24. The van der Waals surface area contributed by atoms with Crippen molar-refractivity contribution in [2.24, 2.45) is 11.8 Å². The third-order valence-corrected chi connectivity index (χ3v) is 4.82. The van der Waals surface area contributed by atoms with E-state index in [9.17, 15) is 14.7 Å². The molecule has 0 spiro atoms. The number of aliphatic carboxylic acids is 1. The van der Waals surface area contributed by atoms with Gasteiger partial charge in [0.1, 0.15) is 0 Å². The minimum Gasteiger partial charge on any atom is -0.481 e. The predicted octanol–water partition coefficient (Wildman–Crippen LogP) is 0.783. The maximum Gasteiger partial charge on any atom is 0.303 e. The molecule has 2 aliphatic heterocycles. The fourth-order valence-corrected chi connectivity index (χ4v) is 3.51. The number of hydrogen-bond donors (Lipinski definition) is 2. The Morgan fingerprint density at radius 1 is 1.26 bits per heavy atom. The van der Waals surface area contributed by atoms with Gasteiger partial charge in [-0.25, -0.2) is 0 Å². The molecule has 6 heteroatoms. The topological polar surface area (TPSA) is 87.1 Å². The van der Waals surface area contributed by atoms with Crippen LogP contribution < -0.4 is 0 Å². The average molecular weight is 319 g/mol. The molecule has 2 N–H and O–H groups in total. The highest BCUT2D eigenvalue weighted by atomic mass is 16.5. The lowest BCUT2D eigenvalue weighted by Crippen LogP contribution is -2.32. The van der Waals surface area contributed by atoms with Crippen LogP contribution in [0.3, 0.4) is 0 Å². The molecule has 3 rings (SSSR count).